The van der Waals surface area contributed by atoms with Crippen molar-refractivity contribution in [3.05, 3.63) is 17.8 Å². The van der Waals surface area contributed by atoms with Crippen LogP contribution < -0.4 is 10.6 Å². The molecule has 1 fully saturated rings. The third-order valence-electron chi connectivity index (χ3n) is 3.64. The average Bonchev–Trinajstić information content (AvgIpc) is 3.05. The SMILES string of the molecule is Cc1ccnc2c1NC(=O)C(C)(C1CC1)N2. The lowest BCUT2D eigenvalue weighted by Crippen LogP contribution is -2.52. The molecule has 4 nitrogen and oxygen atoms in total. The summed E-state index contributed by atoms with van der Waals surface area (Å²) >= 11 is 0. The van der Waals surface area contributed by atoms with Crippen LogP contribution in [0.4, 0.5) is 11.5 Å². The summed E-state index contributed by atoms with van der Waals surface area (Å²) in [5, 5.41) is 6.28. The van der Waals surface area contributed by atoms with Crippen molar-refractivity contribution in [2.45, 2.75) is 32.2 Å². The van der Waals surface area contributed by atoms with E-state index in [-0.39, 0.29) is 5.91 Å². The largest absolute Gasteiger partial charge is 0.354 e. The van der Waals surface area contributed by atoms with Gasteiger partial charge in [-0.15, -0.1) is 0 Å². The molecule has 1 aliphatic heterocycles. The molecule has 1 unspecified atom stereocenters. The fraction of sp³-hybridized carbons (Fsp3) is 0.500. The van der Waals surface area contributed by atoms with Gasteiger partial charge in [-0.05, 0) is 44.2 Å². The van der Waals surface area contributed by atoms with Crippen LogP contribution >= 0.6 is 0 Å². The Kier molecular flexibility index (Phi) is 1.79. The maximum atomic E-state index is 12.1. The Hall–Kier alpha value is -1.58. The molecule has 2 heterocycles. The van der Waals surface area contributed by atoms with Gasteiger partial charge in [0, 0.05) is 6.20 Å². The van der Waals surface area contributed by atoms with Crippen molar-refractivity contribution in [3.8, 4) is 0 Å². The molecule has 1 atom stereocenters. The minimum Gasteiger partial charge on any atom is -0.354 e. The molecule has 0 bridgehead atoms. The number of hydrogen-bond acceptors (Lipinski definition) is 3. The molecule has 2 aliphatic rings. The Morgan fingerprint density at radius 2 is 2.25 bits per heavy atom. The van der Waals surface area contributed by atoms with Crippen molar-refractivity contribution in [2.24, 2.45) is 5.92 Å². The van der Waals surface area contributed by atoms with Gasteiger partial charge in [-0.3, -0.25) is 4.79 Å². The predicted molar refractivity (Wildman–Crippen MR) is 62.4 cm³/mol. The minimum atomic E-state index is -0.478. The molecule has 1 saturated carbocycles. The van der Waals surface area contributed by atoms with Crippen LogP contribution in [-0.4, -0.2) is 16.4 Å². The van der Waals surface area contributed by atoms with Crippen molar-refractivity contribution >= 4 is 17.4 Å². The molecule has 16 heavy (non-hydrogen) atoms. The van der Waals surface area contributed by atoms with Gasteiger partial charge in [-0.2, -0.15) is 0 Å². The van der Waals surface area contributed by atoms with Gasteiger partial charge < -0.3 is 10.6 Å². The second kappa shape index (κ2) is 2.97. The van der Waals surface area contributed by atoms with Gasteiger partial charge in [0.05, 0.1) is 5.69 Å². The Labute approximate surface area is 94.5 Å². The van der Waals surface area contributed by atoms with Crippen molar-refractivity contribution in [1.29, 1.82) is 0 Å². The first-order chi connectivity index (χ1) is 7.61. The Balaban J connectivity index is 2.04. The second-order valence-electron chi connectivity index (χ2n) is 4.91. The van der Waals surface area contributed by atoms with Crippen LogP contribution in [0, 0.1) is 12.8 Å². The number of fused-ring (bicyclic) bond motifs is 1. The molecule has 1 aromatic rings. The predicted octanol–water partition coefficient (Wildman–Crippen LogP) is 1.92. The van der Waals surface area contributed by atoms with Crippen molar-refractivity contribution in [2.75, 3.05) is 10.6 Å². The summed E-state index contributed by atoms with van der Waals surface area (Å²) in [5.74, 6) is 1.32. The number of anilines is 2. The topological polar surface area (TPSA) is 54.0 Å². The first kappa shape index (κ1) is 9.63. The quantitative estimate of drug-likeness (QED) is 0.755. The van der Waals surface area contributed by atoms with E-state index < -0.39 is 5.54 Å². The zero-order valence-electron chi connectivity index (χ0n) is 9.50. The maximum absolute atomic E-state index is 12.1. The van der Waals surface area contributed by atoms with E-state index in [1.807, 2.05) is 19.9 Å². The molecule has 0 aromatic carbocycles. The smallest absolute Gasteiger partial charge is 0.250 e. The molecule has 1 aromatic heterocycles. The molecule has 84 valence electrons. The van der Waals surface area contributed by atoms with E-state index in [0.29, 0.717) is 5.92 Å². The monoisotopic (exact) mass is 217 g/mol. The Bertz CT molecular complexity index is 467. The molecule has 0 radical (unpaired) electrons. The highest BCUT2D eigenvalue weighted by Crippen LogP contribution is 2.45. The minimum absolute atomic E-state index is 0.0681. The summed E-state index contributed by atoms with van der Waals surface area (Å²) in [6.45, 7) is 3.94. The molecule has 3 rings (SSSR count). The molecule has 1 aliphatic carbocycles. The molecular formula is C12H15N3O. The maximum Gasteiger partial charge on any atom is 0.250 e. The summed E-state index contributed by atoms with van der Waals surface area (Å²) < 4.78 is 0. The fourth-order valence-corrected chi connectivity index (χ4v) is 2.31. The normalized spacial score (nSPS) is 28.0. The van der Waals surface area contributed by atoms with Crippen LogP contribution in [0.1, 0.15) is 25.3 Å². The fourth-order valence-electron chi connectivity index (χ4n) is 2.31. The zero-order chi connectivity index (χ0) is 11.3. The van der Waals surface area contributed by atoms with Gasteiger partial charge >= 0.3 is 0 Å². The summed E-state index contributed by atoms with van der Waals surface area (Å²) in [6, 6.07) is 1.90. The Morgan fingerprint density at radius 1 is 1.50 bits per heavy atom. The lowest BCUT2D eigenvalue weighted by Gasteiger charge is -2.35. The number of aromatic nitrogens is 1. The standard InChI is InChI=1S/C12H15N3O/c1-7-5-6-13-10-9(7)14-11(16)12(2,15-10)8-3-4-8/h5-6,8H,3-4H2,1-2H3,(H,13,15)(H,14,16). The molecule has 4 heteroatoms. The van der Waals surface area contributed by atoms with Gasteiger partial charge in [-0.25, -0.2) is 4.98 Å². The van der Waals surface area contributed by atoms with Crippen LogP contribution in [-0.2, 0) is 4.79 Å². The van der Waals surface area contributed by atoms with E-state index >= 15 is 0 Å². The summed E-state index contributed by atoms with van der Waals surface area (Å²) in [7, 11) is 0. The highest BCUT2D eigenvalue weighted by Gasteiger charge is 2.49. The third-order valence-corrected chi connectivity index (χ3v) is 3.64. The number of nitrogens with one attached hydrogen (secondary N) is 2. The second-order valence-corrected chi connectivity index (χ2v) is 4.91. The number of nitrogens with zero attached hydrogens (tertiary/aromatic N) is 1. The summed E-state index contributed by atoms with van der Waals surface area (Å²) in [5.41, 5.74) is 1.39. The number of pyridine rings is 1. The van der Waals surface area contributed by atoms with Crippen LogP contribution in [0.25, 0.3) is 0 Å². The molecular weight excluding hydrogens is 202 g/mol. The number of amides is 1. The zero-order valence-corrected chi connectivity index (χ0v) is 9.50. The van der Waals surface area contributed by atoms with Crippen molar-refractivity contribution in [1.82, 2.24) is 4.98 Å². The number of hydrogen-bond donors (Lipinski definition) is 2. The van der Waals surface area contributed by atoms with E-state index in [9.17, 15) is 4.79 Å². The lowest BCUT2D eigenvalue weighted by atomic mass is 9.92. The van der Waals surface area contributed by atoms with Crippen LogP contribution in [0.3, 0.4) is 0 Å². The molecule has 2 N–H and O–H groups in total. The van der Waals surface area contributed by atoms with Gasteiger partial charge in [0.15, 0.2) is 5.82 Å². The first-order valence-electron chi connectivity index (χ1n) is 5.66. The molecule has 0 spiro atoms. The molecule has 0 saturated heterocycles. The van der Waals surface area contributed by atoms with E-state index in [4.69, 9.17) is 0 Å². The molecule has 1 amide bonds. The lowest BCUT2D eigenvalue weighted by molar-refractivity contribution is -0.120. The van der Waals surface area contributed by atoms with E-state index in [1.165, 1.54) is 0 Å². The highest BCUT2D eigenvalue weighted by atomic mass is 16.2. The van der Waals surface area contributed by atoms with E-state index in [1.54, 1.807) is 6.20 Å². The number of carbonyl (C=O) groups excluding carboxylic acids is 1. The van der Waals surface area contributed by atoms with Gasteiger partial charge in [0.1, 0.15) is 5.54 Å². The van der Waals surface area contributed by atoms with Gasteiger partial charge in [0.2, 0.25) is 5.91 Å². The number of aryl methyl sites for hydroxylation is 1. The first-order valence-corrected chi connectivity index (χ1v) is 5.66. The Morgan fingerprint density at radius 3 is 2.94 bits per heavy atom. The summed E-state index contributed by atoms with van der Waals surface area (Å²) in [6.07, 6.45) is 4.02. The number of carbonyl (C=O) groups is 1. The van der Waals surface area contributed by atoms with Gasteiger partial charge in [0.25, 0.3) is 0 Å². The summed E-state index contributed by atoms with van der Waals surface area (Å²) in [4.78, 5) is 16.4. The van der Waals surface area contributed by atoms with Crippen LogP contribution in [0.15, 0.2) is 12.3 Å². The van der Waals surface area contributed by atoms with E-state index in [0.717, 1.165) is 29.9 Å². The average molecular weight is 217 g/mol. The van der Waals surface area contributed by atoms with Crippen LogP contribution in [0.5, 0.6) is 0 Å². The van der Waals surface area contributed by atoms with Crippen LogP contribution in [0.2, 0.25) is 0 Å². The van der Waals surface area contributed by atoms with Crippen molar-refractivity contribution < 1.29 is 4.79 Å². The van der Waals surface area contributed by atoms with Crippen molar-refractivity contribution in [3.63, 3.8) is 0 Å². The highest BCUT2D eigenvalue weighted by molar-refractivity contribution is 6.06. The number of rotatable bonds is 1. The van der Waals surface area contributed by atoms with E-state index in [2.05, 4.69) is 15.6 Å². The third kappa shape index (κ3) is 1.22. The van der Waals surface area contributed by atoms with Gasteiger partial charge in [-0.1, -0.05) is 0 Å².